The number of hydrogen-bond donors (Lipinski definition) is 1. The van der Waals surface area contributed by atoms with Crippen molar-refractivity contribution in [2.45, 2.75) is 20.0 Å². The van der Waals surface area contributed by atoms with Crippen LogP contribution in [0.15, 0.2) is 42.5 Å². The molecule has 1 N–H and O–H groups in total. The Morgan fingerprint density at radius 1 is 1.00 bits per heavy atom. The minimum atomic E-state index is -0.663. The molecule has 0 saturated heterocycles. The van der Waals surface area contributed by atoms with E-state index in [4.69, 9.17) is 11.6 Å². The standard InChI is InChI=1S/C15H15ClO/c1-10-7-8-11(2)13(9-10)15(17)12-5-3-4-6-14(12)16/h3-9,15,17H,1-2H3/t15-/m1/s1. The molecule has 0 aliphatic heterocycles. The van der Waals surface area contributed by atoms with Crippen LogP contribution in [0.25, 0.3) is 0 Å². The molecule has 0 aliphatic carbocycles. The van der Waals surface area contributed by atoms with Gasteiger partial charge in [0.05, 0.1) is 0 Å². The highest BCUT2D eigenvalue weighted by atomic mass is 35.5. The summed E-state index contributed by atoms with van der Waals surface area (Å²) in [6, 6.07) is 13.5. The number of hydrogen-bond acceptors (Lipinski definition) is 1. The molecule has 2 rings (SSSR count). The molecule has 0 unspecified atom stereocenters. The van der Waals surface area contributed by atoms with Crippen molar-refractivity contribution in [3.05, 3.63) is 69.7 Å². The van der Waals surface area contributed by atoms with Gasteiger partial charge in [0.25, 0.3) is 0 Å². The molecule has 0 aliphatic rings. The second-order valence-corrected chi connectivity index (χ2v) is 4.69. The molecule has 2 aromatic rings. The Labute approximate surface area is 107 Å². The SMILES string of the molecule is Cc1ccc(C)c([C@H](O)c2ccccc2Cl)c1. The van der Waals surface area contributed by atoms with Crippen LogP contribution in [-0.2, 0) is 0 Å². The lowest BCUT2D eigenvalue weighted by atomic mass is 9.96. The first kappa shape index (κ1) is 12.2. The van der Waals surface area contributed by atoms with E-state index < -0.39 is 6.10 Å². The third-order valence-electron chi connectivity index (χ3n) is 2.93. The largest absolute Gasteiger partial charge is 0.384 e. The number of halogens is 1. The number of aryl methyl sites for hydroxylation is 2. The minimum absolute atomic E-state index is 0.598. The van der Waals surface area contributed by atoms with Gasteiger partial charge in [-0.25, -0.2) is 0 Å². The zero-order valence-electron chi connectivity index (χ0n) is 9.94. The lowest BCUT2D eigenvalue weighted by Gasteiger charge is -2.16. The summed E-state index contributed by atoms with van der Waals surface area (Å²) in [6.07, 6.45) is -0.663. The van der Waals surface area contributed by atoms with Crippen LogP contribution in [0.3, 0.4) is 0 Å². The predicted octanol–water partition coefficient (Wildman–Crippen LogP) is 4.04. The van der Waals surface area contributed by atoms with Gasteiger partial charge in [-0.1, -0.05) is 53.6 Å². The third kappa shape index (κ3) is 2.51. The molecule has 0 amide bonds. The Kier molecular flexibility index (Phi) is 3.51. The zero-order chi connectivity index (χ0) is 12.4. The van der Waals surface area contributed by atoms with Crippen LogP contribution >= 0.6 is 11.6 Å². The summed E-state index contributed by atoms with van der Waals surface area (Å²) in [5.41, 5.74) is 3.88. The van der Waals surface area contributed by atoms with Crippen molar-refractivity contribution in [2.24, 2.45) is 0 Å². The molecule has 0 fully saturated rings. The molecule has 1 atom stereocenters. The van der Waals surface area contributed by atoms with E-state index >= 15 is 0 Å². The van der Waals surface area contributed by atoms with Gasteiger partial charge in [0.2, 0.25) is 0 Å². The van der Waals surface area contributed by atoms with Gasteiger partial charge in [0, 0.05) is 10.6 Å². The van der Waals surface area contributed by atoms with Crippen molar-refractivity contribution in [3.8, 4) is 0 Å². The van der Waals surface area contributed by atoms with Gasteiger partial charge in [-0.15, -0.1) is 0 Å². The van der Waals surface area contributed by atoms with Crippen LogP contribution in [0.1, 0.15) is 28.4 Å². The number of aliphatic hydroxyl groups is 1. The number of rotatable bonds is 2. The second-order valence-electron chi connectivity index (χ2n) is 4.28. The van der Waals surface area contributed by atoms with E-state index in [-0.39, 0.29) is 0 Å². The van der Waals surface area contributed by atoms with E-state index in [0.29, 0.717) is 5.02 Å². The van der Waals surface area contributed by atoms with Crippen molar-refractivity contribution in [2.75, 3.05) is 0 Å². The highest BCUT2D eigenvalue weighted by Crippen LogP contribution is 2.30. The lowest BCUT2D eigenvalue weighted by Crippen LogP contribution is -2.03. The Morgan fingerprint density at radius 2 is 1.71 bits per heavy atom. The van der Waals surface area contributed by atoms with Crippen LogP contribution in [-0.4, -0.2) is 5.11 Å². The molecular formula is C15H15ClO. The van der Waals surface area contributed by atoms with E-state index in [2.05, 4.69) is 0 Å². The first-order valence-corrected chi connectivity index (χ1v) is 5.97. The van der Waals surface area contributed by atoms with Gasteiger partial charge >= 0.3 is 0 Å². The predicted molar refractivity (Wildman–Crippen MR) is 71.4 cm³/mol. The fourth-order valence-electron chi connectivity index (χ4n) is 1.92. The van der Waals surface area contributed by atoms with Gasteiger partial charge in [0.1, 0.15) is 6.10 Å². The average Bonchev–Trinajstić information content (AvgIpc) is 2.32. The average molecular weight is 247 g/mol. The quantitative estimate of drug-likeness (QED) is 0.848. The summed E-state index contributed by atoms with van der Waals surface area (Å²) in [7, 11) is 0. The second kappa shape index (κ2) is 4.91. The summed E-state index contributed by atoms with van der Waals surface area (Å²) in [6.45, 7) is 4.01. The van der Waals surface area contributed by atoms with E-state index in [1.54, 1.807) is 6.07 Å². The number of aliphatic hydroxyl groups excluding tert-OH is 1. The van der Waals surface area contributed by atoms with Crippen LogP contribution in [0.5, 0.6) is 0 Å². The zero-order valence-corrected chi connectivity index (χ0v) is 10.7. The fourth-order valence-corrected chi connectivity index (χ4v) is 2.16. The molecule has 17 heavy (non-hydrogen) atoms. The molecule has 0 saturated carbocycles. The summed E-state index contributed by atoms with van der Waals surface area (Å²) in [4.78, 5) is 0. The molecule has 0 bridgehead atoms. The smallest absolute Gasteiger partial charge is 0.106 e. The first-order chi connectivity index (χ1) is 8.09. The van der Waals surface area contributed by atoms with Crippen LogP contribution in [0, 0.1) is 13.8 Å². The molecule has 2 heteroatoms. The molecule has 0 aromatic heterocycles. The highest BCUT2D eigenvalue weighted by molar-refractivity contribution is 6.31. The maximum atomic E-state index is 10.4. The fraction of sp³-hybridized carbons (Fsp3) is 0.200. The molecular weight excluding hydrogens is 232 g/mol. The minimum Gasteiger partial charge on any atom is -0.384 e. The maximum Gasteiger partial charge on any atom is 0.106 e. The summed E-state index contributed by atoms with van der Waals surface area (Å²) in [5, 5.41) is 11.0. The van der Waals surface area contributed by atoms with Crippen molar-refractivity contribution in [1.29, 1.82) is 0 Å². The Balaban J connectivity index is 2.47. The van der Waals surface area contributed by atoms with Gasteiger partial charge in [0.15, 0.2) is 0 Å². The van der Waals surface area contributed by atoms with Gasteiger partial charge in [-0.05, 0) is 31.0 Å². The Morgan fingerprint density at radius 3 is 2.41 bits per heavy atom. The van der Waals surface area contributed by atoms with E-state index in [1.165, 1.54) is 0 Å². The molecule has 1 nitrogen and oxygen atoms in total. The van der Waals surface area contributed by atoms with Crippen LogP contribution in [0.2, 0.25) is 5.02 Å². The Hall–Kier alpha value is -1.31. The third-order valence-corrected chi connectivity index (χ3v) is 3.27. The lowest BCUT2D eigenvalue weighted by molar-refractivity contribution is 0.219. The van der Waals surface area contributed by atoms with E-state index in [1.807, 2.05) is 50.2 Å². The van der Waals surface area contributed by atoms with E-state index in [0.717, 1.165) is 22.3 Å². The normalized spacial score (nSPS) is 12.5. The van der Waals surface area contributed by atoms with Gasteiger partial charge < -0.3 is 5.11 Å². The van der Waals surface area contributed by atoms with Gasteiger partial charge in [-0.2, -0.15) is 0 Å². The monoisotopic (exact) mass is 246 g/mol. The van der Waals surface area contributed by atoms with Crippen molar-refractivity contribution in [3.63, 3.8) is 0 Å². The molecule has 2 aromatic carbocycles. The summed E-state index contributed by atoms with van der Waals surface area (Å²) < 4.78 is 0. The van der Waals surface area contributed by atoms with Crippen molar-refractivity contribution in [1.82, 2.24) is 0 Å². The maximum absolute atomic E-state index is 10.4. The van der Waals surface area contributed by atoms with Crippen LogP contribution < -0.4 is 0 Å². The van der Waals surface area contributed by atoms with Crippen molar-refractivity contribution < 1.29 is 5.11 Å². The highest BCUT2D eigenvalue weighted by Gasteiger charge is 2.15. The number of benzene rings is 2. The molecule has 0 heterocycles. The molecule has 88 valence electrons. The van der Waals surface area contributed by atoms with Crippen LogP contribution in [0.4, 0.5) is 0 Å². The summed E-state index contributed by atoms with van der Waals surface area (Å²) in [5.74, 6) is 0. The topological polar surface area (TPSA) is 20.2 Å². The molecule has 0 radical (unpaired) electrons. The Bertz CT molecular complexity index is 534. The first-order valence-electron chi connectivity index (χ1n) is 5.59. The molecule has 0 spiro atoms. The summed E-state index contributed by atoms with van der Waals surface area (Å²) >= 11 is 6.10. The van der Waals surface area contributed by atoms with Gasteiger partial charge in [-0.3, -0.25) is 0 Å². The van der Waals surface area contributed by atoms with Crippen molar-refractivity contribution >= 4 is 11.6 Å². The van der Waals surface area contributed by atoms with E-state index in [9.17, 15) is 5.11 Å².